The number of aliphatic carboxylic acids is 1. The molecule has 0 spiro atoms. The highest BCUT2D eigenvalue weighted by molar-refractivity contribution is 8.02. The topological polar surface area (TPSA) is 66.4 Å². The number of rotatable bonds is 7. The van der Waals surface area contributed by atoms with Crippen molar-refractivity contribution < 1.29 is 14.7 Å². The number of carbonyl (C=O) groups excluding carboxylic acids is 1. The summed E-state index contributed by atoms with van der Waals surface area (Å²) in [7, 11) is 0. The van der Waals surface area contributed by atoms with Crippen molar-refractivity contribution in [3.8, 4) is 0 Å². The molecule has 178 valence electrons. The van der Waals surface area contributed by atoms with Crippen molar-refractivity contribution in [2.24, 2.45) is 23.7 Å². The maximum atomic E-state index is 12.9. The number of carbonyl (C=O) groups is 2. The predicted octanol–water partition coefficient (Wildman–Crippen LogP) is 6.84. The molecule has 0 heterocycles. The largest absolute Gasteiger partial charge is 0.481 e. The number of hydrogen-bond acceptors (Lipinski definition) is 3. The molecule has 0 bridgehead atoms. The molecule has 2 aliphatic carbocycles. The van der Waals surface area contributed by atoms with Crippen LogP contribution in [0.5, 0.6) is 0 Å². The number of nitrogens with one attached hydrogen (secondary N) is 1. The molecule has 5 heteroatoms. The van der Waals surface area contributed by atoms with Crippen molar-refractivity contribution in [1.29, 1.82) is 0 Å². The molecule has 0 aromatic heterocycles. The minimum Gasteiger partial charge on any atom is -0.481 e. The molecule has 1 saturated carbocycles. The fourth-order valence-electron chi connectivity index (χ4n) is 4.58. The van der Waals surface area contributed by atoms with Crippen LogP contribution in [0, 0.1) is 23.7 Å². The third-order valence-corrected chi connectivity index (χ3v) is 6.87. The summed E-state index contributed by atoms with van der Waals surface area (Å²) in [6.07, 6.45) is 13.6. The van der Waals surface area contributed by atoms with E-state index in [4.69, 9.17) is 5.11 Å². The van der Waals surface area contributed by atoms with E-state index in [2.05, 4.69) is 51.1 Å². The van der Waals surface area contributed by atoms with Gasteiger partial charge >= 0.3 is 5.97 Å². The number of allylic oxidation sites excluding steroid dienone is 4. The second kappa shape index (κ2) is 16.2. The van der Waals surface area contributed by atoms with Crippen molar-refractivity contribution in [3.63, 3.8) is 0 Å². The Labute approximate surface area is 195 Å². The summed E-state index contributed by atoms with van der Waals surface area (Å²) < 4.78 is 0. The molecule has 31 heavy (non-hydrogen) atoms. The highest BCUT2D eigenvalue weighted by Crippen LogP contribution is 2.37. The van der Waals surface area contributed by atoms with Crippen LogP contribution in [0.15, 0.2) is 35.3 Å². The van der Waals surface area contributed by atoms with Crippen molar-refractivity contribution >= 4 is 23.6 Å². The first-order chi connectivity index (χ1) is 14.7. The first-order valence-electron chi connectivity index (χ1n) is 11.8. The van der Waals surface area contributed by atoms with Gasteiger partial charge in [0.25, 0.3) is 0 Å². The monoisotopic (exact) mass is 451 g/mol. The highest BCUT2D eigenvalue weighted by atomic mass is 32.2. The number of hydrogen-bond donors (Lipinski definition) is 2. The maximum Gasteiger partial charge on any atom is 0.303 e. The van der Waals surface area contributed by atoms with Crippen molar-refractivity contribution in [2.75, 3.05) is 6.26 Å². The van der Waals surface area contributed by atoms with Crippen LogP contribution in [0.2, 0.25) is 0 Å². The van der Waals surface area contributed by atoms with Gasteiger partial charge in [-0.1, -0.05) is 52.8 Å². The fraction of sp³-hybridized carbons (Fsp3) is 0.692. The summed E-state index contributed by atoms with van der Waals surface area (Å²) in [6, 6.07) is 0.283. The van der Waals surface area contributed by atoms with E-state index in [1.165, 1.54) is 23.3 Å². The first kappa shape index (κ1) is 29.5. The van der Waals surface area contributed by atoms with Gasteiger partial charge in [0.2, 0.25) is 5.91 Å². The second-order valence-electron chi connectivity index (χ2n) is 8.46. The van der Waals surface area contributed by atoms with Gasteiger partial charge in [-0.3, -0.25) is 9.59 Å². The lowest BCUT2D eigenvalue weighted by molar-refractivity contribution is -0.137. The summed E-state index contributed by atoms with van der Waals surface area (Å²) in [5.74, 6) is 1.29. The molecule has 0 radical (unpaired) electrons. The lowest BCUT2D eigenvalue weighted by Crippen LogP contribution is -2.50. The lowest BCUT2D eigenvalue weighted by atomic mass is 9.71. The Morgan fingerprint density at radius 3 is 2.42 bits per heavy atom. The van der Waals surface area contributed by atoms with E-state index >= 15 is 0 Å². The van der Waals surface area contributed by atoms with Crippen LogP contribution in [-0.4, -0.2) is 29.3 Å². The average Bonchev–Trinajstić information content (AvgIpc) is 2.72. The SMILES string of the molecule is C=CC[C@H]1CC(C)CC(C)C1NC(=O)C1CC=CC(C)=C1SC.CC.CCCC(=O)O. The Morgan fingerprint density at radius 2 is 1.94 bits per heavy atom. The minimum absolute atomic E-state index is 0.00840. The number of amides is 1. The molecule has 1 amide bonds. The summed E-state index contributed by atoms with van der Waals surface area (Å²) >= 11 is 1.72. The van der Waals surface area contributed by atoms with E-state index in [-0.39, 0.29) is 17.9 Å². The predicted molar refractivity (Wildman–Crippen MR) is 135 cm³/mol. The molecule has 0 aliphatic heterocycles. The Bertz CT molecular complexity index is 626. The number of carboxylic acid groups (broad SMARTS) is 1. The Kier molecular flexibility index (Phi) is 15.4. The highest BCUT2D eigenvalue weighted by Gasteiger charge is 2.36. The van der Waals surface area contributed by atoms with Gasteiger partial charge in [0.05, 0.1) is 5.92 Å². The molecule has 5 atom stereocenters. The summed E-state index contributed by atoms with van der Waals surface area (Å²) in [5, 5.41) is 11.3. The van der Waals surface area contributed by atoms with E-state index in [1.807, 2.05) is 26.8 Å². The van der Waals surface area contributed by atoms with Crippen molar-refractivity contribution in [3.05, 3.63) is 35.3 Å². The Balaban J connectivity index is 0.000000970. The zero-order chi connectivity index (χ0) is 24.0. The fourth-order valence-corrected chi connectivity index (χ4v) is 5.45. The van der Waals surface area contributed by atoms with E-state index in [9.17, 15) is 9.59 Å². The molecule has 2 aliphatic rings. The van der Waals surface area contributed by atoms with Crippen LogP contribution in [0.3, 0.4) is 0 Å². The van der Waals surface area contributed by atoms with Gasteiger partial charge in [0.1, 0.15) is 0 Å². The quantitative estimate of drug-likeness (QED) is 0.416. The van der Waals surface area contributed by atoms with E-state index in [0.717, 1.165) is 25.2 Å². The van der Waals surface area contributed by atoms with Gasteiger partial charge in [-0.15, -0.1) is 18.3 Å². The number of thioether (sulfide) groups is 1. The van der Waals surface area contributed by atoms with E-state index in [0.29, 0.717) is 18.3 Å². The summed E-state index contributed by atoms with van der Waals surface area (Å²) in [4.78, 5) is 23.8. The smallest absolute Gasteiger partial charge is 0.303 e. The number of carboxylic acids is 1. The van der Waals surface area contributed by atoms with Gasteiger partial charge in [-0.25, -0.2) is 0 Å². The lowest BCUT2D eigenvalue weighted by Gasteiger charge is -2.40. The van der Waals surface area contributed by atoms with Crippen LogP contribution in [0.4, 0.5) is 0 Å². The second-order valence-corrected chi connectivity index (χ2v) is 9.31. The van der Waals surface area contributed by atoms with E-state index < -0.39 is 5.97 Å². The zero-order valence-corrected chi connectivity index (χ0v) is 21.6. The average molecular weight is 452 g/mol. The normalized spacial score (nSPS) is 27.3. The Morgan fingerprint density at radius 1 is 1.29 bits per heavy atom. The maximum absolute atomic E-state index is 12.9. The molecule has 1 fully saturated rings. The molecule has 2 N–H and O–H groups in total. The summed E-state index contributed by atoms with van der Waals surface area (Å²) in [6.45, 7) is 16.5. The Hall–Kier alpha value is -1.49. The van der Waals surface area contributed by atoms with Gasteiger partial charge in [0.15, 0.2) is 0 Å². The van der Waals surface area contributed by atoms with Crippen LogP contribution >= 0.6 is 11.8 Å². The molecule has 2 rings (SSSR count). The molecule has 0 aromatic carbocycles. The van der Waals surface area contributed by atoms with Crippen molar-refractivity contribution in [2.45, 2.75) is 86.1 Å². The zero-order valence-electron chi connectivity index (χ0n) is 20.7. The standard InChI is InChI=1S/C20H31NOS.C4H8O2.C2H6/c1-6-8-16-12-13(2)11-15(4)18(16)21-20(22)17-10-7-9-14(3)19(17)23-5;1-2-3-4(5)6;1-2/h6-7,9,13,15-18H,1,8,10-12H2,2-5H3,(H,21,22);2-3H2,1H3,(H,5,6);1-2H3/t13?,15?,16-,17?,18?;;/m0../s1. The third kappa shape index (κ3) is 10.1. The first-order valence-corrected chi connectivity index (χ1v) is 13.0. The van der Waals surface area contributed by atoms with Gasteiger partial charge in [-0.2, -0.15) is 0 Å². The van der Waals surface area contributed by atoms with Gasteiger partial charge < -0.3 is 10.4 Å². The molecule has 0 aromatic rings. The minimum atomic E-state index is -0.711. The van der Waals surface area contributed by atoms with Crippen LogP contribution < -0.4 is 5.32 Å². The van der Waals surface area contributed by atoms with E-state index in [1.54, 1.807) is 11.8 Å². The molecular weight excluding hydrogens is 406 g/mol. The van der Waals surface area contributed by atoms with Crippen LogP contribution in [0.25, 0.3) is 0 Å². The molecule has 4 unspecified atom stereocenters. The third-order valence-electron chi connectivity index (χ3n) is 5.82. The molecular formula is C26H45NO3S. The molecule has 4 nitrogen and oxygen atoms in total. The van der Waals surface area contributed by atoms with Gasteiger partial charge in [-0.05, 0) is 68.6 Å². The van der Waals surface area contributed by atoms with Crippen LogP contribution in [0.1, 0.15) is 80.1 Å². The van der Waals surface area contributed by atoms with Crippen LogP contribution in [-0.2, 0) is 9.59 Å². The summed E-state index contributed by atoms with van der Waals surface area (Å²) in [5.41, 5.74) is 1.23. The van der Waals surface area contributed by atoms with Gasteiger partial charge in [0, 0.05) is 17.4 Å². The molecule has 0 saturated heterocycles. The van der Waals surface area contributed by atoms with Crippen molar-refractivity contribution in [1.82, 2.24) is 5.32 Å².